The van der Waals surface area contributed by atoms with Crippen LogP contribution in [0, 0.1) is 18.6 Å². The monoisotopic (exact) mass is 524 g/mol. The molecule has 0 bridgehead atoms. The summed E-state index contributed by atoms with van der Waals surface area (Å²) in [6.45, 7) is 3.47. The van der Waals surface area contributed by atoms with E-state index in [-0.39, 0.29) is 24.0 Å². The smallest absolute Gasteiger partial charge is 0.191 e. The Morgan fingerprint density at radius 2 is 1.96 bits per heavy atom. The van der Waals surface area contributed by atoms with E-state index in [1.165, 1.54) is 6.07 Å². The van der Waals surface area contributed by atoms with Crippen molar-refractivity contribution in [2.45, 2.75) is 26.3 Å². The fourth-order valence-electron chi connectivity index (χ4n) is 2.39. The molecule has 2 rings (SSSR count). The highest BCUT2D eigenvalue weighted by Gasteiger charge is 2.07. The maximum atomic E-state index is 13.7. The van der Waals surface area contributed by atoms with Crippen molar-refractivity contribution in [3.63, 3.8) is 0 Å². The molecule has 0 fully saturated rings. The van der Waals surface area contributed by atoms with E-state index in [9.17, 15) is 8.78 Å². The van der Waals surface area contributed by atoms with Crippen LogP contribution in [0.5, 0.6) is 0 Å². The second kappa shape index (κ2) is 12.9. The van der Waals surface area contributed by atoms with Gasteiger partial charge in [0.15, 0.2) is 11.8 Å². The number of guanidine groups is 1. The molecule has 0 aliphatic carbocycles. The number of halogens is 3. The molecule has 0 saturated heterocycles. The SMILES string of the molecule is CSCCCNC(=NCc1nnc(C)n1C)NCCc1cc(F)ccc1F.I. The van der Waals surface area contributed by atoms with E-state index in [1.807, 2.05) is 18.5 Å². The number of nitrogens with zero attached hydrogens (tertiary/aromatic N) is 4. The van der Waals surface area contributed by atoms with Gasteiger partial charge in [0, 0.05) is 20.1 Å². The van der Waals surface area contributed by atoms with Gasteiger partial charge in [0.25, 0.3) is 0 Å². The van der Waals surface area contributed by atoms with Gasteiger partial charge in [-0.1, -0.05) is 0 Å². The molecular weight excluding hydrogens is 497 g/mol. The zero-order valence-corrected chi connectivity index (χ0v) is 19.5. The van der Waals surface area contributed by atoms with Crippen LogP contribution in [-0.4, -0.2) is 45.8 Å². The number of nitrogens with one attached hydrogen (secondary N) is 2. The van der Waals surface area contributed by atoms with Crippen molar-refractivity contribution >= 4 is 41.7 Å². The lowest BCUT2D eigenvalue weighted by Gasteiger charge is -2.13. The van der Waals surface area contributed by atoms with Crippen LogP contribution >= 0.6 is 35.7 Å². The van der Waals surface area contributed by atoms with Crippen LogP contribution in [0.2, 0.25) is 0 Å². The number of aryl methyl sites for hydroxylation is 1. The lowest BCUT2D eigenvalue weighted by molar-refractivity contribution is 0.583. The molecular formula is C18H27F2IN6S. The average Bonchev–Trinajstić information content (AvgIpc) is 2.97. The van der Waals surface area contributed by atoms with Crippen LogP contribution < -0.4 is 10.6 Å². The van der Waals surface area contributed by atoms with Crippen molar-refractivity contribution in [3.05, 3.63) is 47.0 Å². The predicted molar refractivity (Wildman–Crippen MR) is 121 cm³/mol. The number of aromatic nitrogens is 3. The Labute approximate surface area is 186 Å². The summed E-state index contributed by atoms with van der Waals surface area (Å²) in [4.78, 5) is 4.53. The van der Waals surface area contributed by atoms with Gasteiger partial charge in [-0.2, -0.15) is 11.8 Å². The summed E-state index contributed by atoms with van der Waals surface area (Å²) in [5.74, 6) is 2.41. The molecule has 0 atom stereocenters. The van der Waals surface area contributed by atoms with E-state index in [0.29, 0.717) is 31.0 Å². The van der Waals surface area contributed by atoms with E-state index in [1.54, 1.807) is 11.8 Å². The third-order valence-corrected chi connectivity index (χ3v) is 4.77. The molecule has 10 heteroatoms. The highest BCUT2D eigenvalue weighted by Crippen LogP contribution is 2.09. The third kappa shape index (κ3) is 7.90. The first-order chi connectivity index (χ1) is 13.0. The van der Waals surface area contributed by atoms with Crippen molar-refractivity contribution in [2.24, 2.45) is 12.0 Å². The van der Waals surface area contributed by atoms with E-state index >= 15 is 0 Å². The average molecular weight is 524 g/mol. The zero-order valence-electron chi connectivity index (χ0n) is 16.3. The molecule has 0 saturated carbocycles. The van der Waals surface area contributed by atoms with Crippen LogP contribution in [0.3, 0.4) is 0 Å². The normalized spacial score (nSPS) is 11.2. The summed E-state index contributed by atoms with van der Waals surface area (Å²) in [6.07, 6.45) is 3.43. The molecule has 1 heterocycles. The molecule has 0 radical (unpaired) electrons. The standard InChI is InChI=1S/C18H26F2N6S.HI/c1-13-24-25-17(26(13)2)12-23-18(21-8-4-10-27-3)22-9-7-14-11-15(19)5-6-16(14)20;/h5-6,11H,4,7-10,12H2,1-3H3,(H2,21,22,23);1H. The minimum absolute atomic E-state index is 0. The second-order valence-corrected chi connectivity index (χ2v) is 7.06. The Balaban J connectivity index is 0.00000392. The van der Waals surface area contributed by atoms with Gasteiger partial charge in [-0.3, -0.25) is 0 Å². The molecule has 0 spiro atoms. The van der Waals surface area contributed by atoms with Crippen LogP contribution in [-0.2, 0) is 20.0 Å². The van der Waals surface area contributed by atoms with Crippen molar-refractivity contribution in [1.29, 1.82) is 0 Å². The number of rotatable bonds is 9. The van der Waals surface area contributed by atoms with Gasteiger partial charge >= 0.3 is 0 Å². The topological polar surface area (TPSA) is 67.1 Å². The van der Waals surface area contributed by atoms with Gasteiger partial charge in [0.05, 0.1) is 0 Å². The summed E-state index contributed by atoms with van der Waals surface area (Å²) in [5.41, 5.74) is 0.341. The lowest BCUT2D eigenvalue weighted by Crippen LogP contribution is -2.39. The first-order valence-corrected chi connectivity index (χ1v) is 10.2. The van der Waals surface area contributed by atoms with Crippen LogP contribution in [0.1, 0.15) is 23.6 Å². The summed E-state index contributed by atoms with van der Waals surface area (Å²) >= 11 is 1.79. The van der Waals surface area contributed by atoms with Gasteiger partial charge in [-0.05, 0) is 55.5 Å². The maximum Gasteiger partial charge on any atom is 0.191 e. The summed E-state index contributed by atoms with van der Waals surface area (Å²) in [6, 6.07) is 3.49. The lowest BCUT2D eigenvalue weighted by atomic mass is 10.1. The fourth-order valence-corrected chi connectivity index (χ4v) is 2.82. The molecule has 2 N–H and O–H groups in total. The van der Waals surface area contributed by atoms with Gasteiger partial charge < -0.3 is 15.2 Å². The van der Waals surface area contributed by atoms with E-state index in [2.05, 4.69) is 32.1 Å². The Morgan fingerprint density at radius 1 is 1.21 bits per heavy atom. The molecule has 0 unspecified atom stereocenters. The second-order valence-electron chi connectivity index (χ2n) is 6.07. The molecule has 28 heavy (non-hydrogen) atoms. The van der Waals surface area contributed by atoms with Gasteiger partial charge in [0.2, 0.25) is 0 Å². The number of hydrogen-bond donors (Lipinski definition) is 2. The molecule has 1 aromatic carbocycles. The zero-order chi connectivity index (χ0) is 19.6. The highest BCUT2D eigenvalue weighted by atomic mass is 127. The number of hydrogen-bond acceptors (Lipinski definition) is 4. The van der Waals surface area contributed by atoms with Crippen LogP contribution in [0.25, 0.3) is 0 Å². The minimum atomic E-state index is -0.437. The Bertz CT molecular complexity index is 769. The summed E-state index contributed by atoms with van der Waals surface area (Å²) in [7, 11) is 1.89. The predicted octanol–water partition coefficient (Wildman–Crippen LogP) is 3.05. The number of benzene rings is 1. The first-order valence-electron chi connectivity index (χ1n) is 8.81. The van der Waals surface area contributed by atoms with E-state index in [4.69, 9.17) is 0 Å². The summed E-state index contributed by atoms with van der Waals surface area (Å²) < 4.78 is 28.9. The van der Waals surface area contributed by atoms with Gasteiger partial charge in [-0.15, -0.1) is 34.2 Å². The molecule has 0 aliphatic rings. The minimum Gasteiger partial charge on any atom is -0.356 e. The van der Waals surface area contributed by atoms with Crippen molar-refractivity contribution in [1.82, 2.24) is 25.4 Å². The summed E-state index contributed by atoms with van der Waals surface area (Å²) in [5, 5.41) is 14.6. The Hall–Kier alpha value is -1.43. The number of thioether (sulfide) groups is 1. The quantitative estimate of drug-likeness (QED) is 0.229. The third-order valence-electron chi connectivity index (χ3n) is 4.07. The largest absolute Gasteiger partial charge is 0.356 e. The first kappa shape index (κ1) is 24.6. The van der Waals surface area contributed by atoms with Crippen LogP contribution in [0.15, 0.2) is 23.2 Å². The Morgan fingerprint density at radius 3 is 2.64 bits per heavy atom. The molecule has 156 valence electrons. The number of aliphatic imine (C=N–C) groups is 1. The molecule has 0 aliphatic heterocycles. The Kier molecular flexibility index (Phi) is 11.4. The van der Waals surface area contributed by atoms with E-state index < -0.39 is 11.6 Å². The highest BCUT2D eigenvalue weighted by molar-refractivity contribution is 14.0. The fraction of sp³-hybridized carbons (Fsp3) is 0.500. The van der Waals surface area contributed by atoms with Crippen molar-refractivity contribution in [2.75, 3.05) is 25.1 Å². The van der Waals surface area contributed by atoms with Gasteiger partial charge in [-0.25, -0.2) is 13.8 Å². The maximum absolute atomic E-state index is 13.7. The molecule has 1 aromatic heterocycles. The van der Waals surface area contributed by atoms with Crippen molar-refractivity contribution < 1.29 is 8.78 Å². The van der Waals surface area contributed by atoms with Gasteiger partial charge in [0.1, 0.15) is 24.0 Å². The van der Waals surface area contributed by atoms with Crippen molar-refractivity contribution in [3.8, 4) is 0 Å². The molecule has 0 amide bonds. The van der Waals surface area contributed by atoms with Crippen LogP contribution in [0.4, 0.5) is 8.78 Å². The van der Waals surface area contributed by atoms with E-state index in [0.717, 1.165) is 42.5 Å². The molecule has 6 nitrogen and oxygen atoms in total. The molecule has 2 aromatic rings.